The molecule has 2 aromatic rings. The third kappa shape index (κ3) is 7.69. The van der Waals surface area contributed by atoms with E-state index in [1.54, 1.807) is 48.5 Å². The van der Waals surface area contributed by atoms with Crippen LogP contribution in [0.2, 0.25) is 5.02 Å². The Morgan fingerprint density at radius 2 is 1.80 bits per heavy atom. The lowest BCUT2D eigenvalue weighted by atomic mass is 10.1. The van der Waals surface area contributed by atoms with E-state index in [1.165, 1.54) is 4.90 Å². The van der Waals surface area contributed by atoms with Crippen LogP contribution in [-0.4, -0.2) is 50.0 Å². The standard InChI is InChI=1S/C25H31BrClN3O4S/c1-3-23(25(32)28-21-8-4-5-9-21)29(16-18-11-13-20(27)14-12-18)24(31)17-30(35(2,33)34)22-10-6-7-19(26)15-22/h6-7,10-15,21,23H,3-5,8-9,16-17H2,1-2H3,(H,28,32)/t23-/m0/s1. The molecule has 10 heteroatoms. The van der Waals surface area contributed by atoms with E-state index in [-0.39, 0.29) is 18.5 Å². The zero-order valence-electron chi connectivity index (χ0n) is 19.9. The first-order valence-corrected chi connectivity index (χ1v) is 14.7. The van der Waals surface area contributed by atoms with Crippen molar-refractivity contribution < 1.29 is 18.0 Å². The Bertz CT molecular complexity index is 1140. The first-order valence-electron chi connectivity index (χ1n) is 11.7. The van der Waals surface area contributed by atoms with Crippen molar-refractivity contribution in [1.29, 1.82) is 0 Å². The Kier molecular flexibility index (Phi) is 9.61. The van der Waals surface area contributed by atoms with Crippen molar-refractivity contribution in [3.8, 4) is 0 Å². The van der Waals surface area contributed by atoms with Crippen LogP contribution in [0.5, 0.6) is 0 Å². The van der Waals surface area contributed by atoms with E-state index >= 15 is 0 Å². The summed E-state index contributed by atoms with van der Waals surface area (Å²) in [4.78, 5) is 28.4. The maximum atomic E-state index is 13.7. The Morgan fingerprint density at radius 1 is 1.14 bits per heavy atom. The number of anilines is 1. The molecule has 0 radical (unpaired) electrons. The van der Waals surface area contributed by atoms with E-state index in [0.29, 0.717) is 21.6 Å². The van der Waals surface area contributed by atoms with Crippen LogP contribution in [0.4, 0.5) is 5.69 Å². The fraction of sp³-hybridized carbons (Fsp3) is 0.440. The van der Waals surface area contributed by atoms with Gasteiger partial charge in [0.05, 0.1) is 11.9 Å². The summed E-state index contributed by atoms with van der Waals surface area (Å²) in [5, 5.41) is 3.66. The molecule has 0 saturated heterocycles. The van der Waals surface area contributed by atoms with Gasteiger partial charge in [0.2, 0.25) is 21.8 Å². The molecule has 190 valence electrons. The van der Waals surface area contributed by atoms with Gasteiger partial charge in [0.15, 0.2) is 0 Å². The molecule has 1 saturated carbocycles. The normalized spacial score (nSPS) is 15.0. The second-order valence-corrected chi connectivity index (χ2v) is 12.1. The maximum absolute atomic E-state index is 13.7. The fourth-order valence-electron chi connectivity index (χ4n) is 4.32. The molecule has 0 aliphatic heterocycles. The van der Waals surface area contributed by atoms with E-state index < -0.39 is 28.5 Å². The summed E-state index contributed by atoms with van der Waals surface area (Å²) in [6.07, 6.45) is 5.47. The maximum Gasteiger partial charge on any atom is 0.244 e. The number of benzene rings is 2. The van der Waals surface area contributed by atoms with Crippen LogP contribution in [0.3, 0.4) is 0 Å². The average molecular weight is 585 g/mol. The van der Waals surface area contributed by atoms with Gasteiger partial charge in [-0.2, -0.15) is 0 Å². The van der Waals surface area contributed by atoms with Gasteiger partial charge in [0.25, 0.3) is 0 Å². The Balaban J connectivity index is 1.91. The molecule has 1 aliphatic carbocycles. The first kappa shape index (κ1) is 27.5. The Labute approximate surface area is 221 Å². The van der Waals surface area contributed by atoms with Gasteiger partial charge in [0.1, 0.15) is 12.6 Å². The number of amides is 2. The molecular formula is C25H31BrClN3O4S. The van der Waals surface area contributed by atoms with Crippen molar-refractivity contribution in [3.63, 3.8) is 0 Å². The fourth-order valence-corrected chi connectivity index (χ4v) is 5.67. The summed E-state index contributed by atoms with van der Waals surface area (Å²) in [6.45, 7) is 1.59. The third-order valence-electron chi connectivity index (χ3n) is 6.13. The highest BCUT2D eigenvalue weighted by Crippen LogP contribution is 2.24. The van der Waals surface area contributed by atoms with Gasteiger partial charge in [-0.05, 0) is 55.2 Å². The predicted molar refractivity (Wildman–Crippen MR) is 143 cm³/mol. The summed E-state index contributed by atoms with van der Waals surface area (Å²) in [5.74, 6) is -0.672. The number of halogens is 2. The molecule has 1 N–H and O–H groups in total. The number of sulfonamides is 1. The third-order valence-corrected chi connectivity index (χ3v) is 8.01. The monoisotopic (exact) mass is 583 g/mol. The lowest BCUT2D eigenvalue weighted by molar-refractivity contribution is -0.140. The quantitative estimate of drug-likeness (QED) is 0.437. The highest BCUT2D eigenvalue weighted by atomic mass is 79.9. The number of carbonyl (C=O) groups excluding carboxylic acids is 2. The summed E-state index contributed by atoms with van der Waals surface area (Å²) < 4.78 is 27.1. The number of nitrogens with zero attached hydrogens (tertiary/aromatic N) is 2. The molecule has 0 unspecified atom stereocenters. The minimum absolute atomic E-state index is 0.109. The number of rotatable bonds is 10. The zero-order valence-corrected chi connectivity index (χ0v) is 23.1. The molecule has 1 fully saturated rings. The zero-order chi connectivity index (χ0) is 25.6. The lowest BCUT2D eigenvalue weighted by Crippen LogP contribution is -2.53. The Morgan fingerprint density at radius 3 is 2.37 bits per heavy atom. The second-order valence-electron chi connectivity index (χ2n) is 8.81. The predicted octanol–water partition coefficient (Wildman–Crippen LogP) is 4.73. The number of hydrogen-bond acceptors (Lipinski definition) is 4. The lowest BCUT2D eigenvalue weighted by Gasteiger charge is -2.33. The van der Waals surface area contributed by atoms with Crippen molar-refractivity contribution in [3.05, 3.63) is 63.6 Å². The van der Waals surface area contributed by atoms with E-state index in [1.807, 2.05) is 6.92 Å². The molecular weight excluding hydrogens is 554 g/mol. The van der Waals surface area contributed by atoms with Gasteiger partial charge in [-0.3, -0.25) is 13.9 Å². The van der Waals surface area contributed by atoms with Crippen molar-refractivity contribution in [1.82, 2.24) is 10.2 Å². The first-order chi connectivity index (χ1) is 16.6. The summed E-state index contributed by atoms with van der Waals surface area (Å²) in [6, 6.07) is 13.2. The van der Waals surface area contributed by atoms with Crippen molar-refractivity contribution in [2.45, 2.75) is 57.7 Å². The highest BCUT2D eigenvalue weighted by molar-refractivity contribution is 9.10. The van der Waals surface area contributed by atoms with Crippen molar-refractivity contribution in [2.24, 2.45) is 0 Å². The van der Waals surface area contributed by atoms with Crippen LogP contribution in [0.15, 0.2) is 53.0 Å². The second kappa shape index (κ2) is 12.2. The summed E-state index contributed by atoms with van der Waals surface area (Å²) >= 11 is 9.38. The van der Waals surface area contributed by atoms with Crippen LogP contribution in [0.25, 0.3) is 0 Å². The highest BCUT2D eigenvalue weighted by Gasteiger charge is 2.33. The molecule has 0 aromatic heterocycles. The van der Waals surface area contributed by atoms with Gasteiger partial charge in [-0.25, -0.2) is 8.42 Å². The largest absolute Gasteiger partial charge is 0.352 e. The molecule has 0 heterocycles. The van der Waals surface area contributed by atoms with Crippen LogP contribution >= 0.6 is 27.5 Å². The minimum atomic E-state index is -3.77. The van der Waals surface area contributed by atoms with Crippen molar-refractivity contribution >= 4 is 55.1 Å². The molecule has 2 aromatic carbocycles. The van der Waals surface area contributed by atoms with E-state index in [2.05, 4.69) is 21.2 Å². The van der Waals surface area contributed by atoms with Crippen molar-refractivity contribution in [2.75, 3.05) is 17.1 Å². The Hall–Kier alpha value is -2.10. The van der Waals surface area contributed by atoms with Gasteiger partial charge in [0, 0.05) is 22.1 Å². The van der Waals surface area contributed by atoms with Crippen LogP contribution in [0.1, 0.15) is 44.6 Å². The average Bonchev–Trinajstić information content (AvgIpc) is 3.30. The summed E-state index contributed by atoms with van der Waals surface area (Å²) in [5.41, 5.74) is 1.16. The molecule has 1 aliphatic rings. The topological polar surface area (TPSA) is 86.8 Å². The van der Waals surface area contributed by atoms with Gasteiger partial charge in [-0.1, -0.05) is 65.5 Å². The smallest absolute Gasteiger partial charge is 0.244 e. The van der Waals surface area contributed by atoms with E-state index in [0.717, 1.165) is 41.8 Å². The van der Waals surface area contributed by atoms with E-state index in [4.69, 9.17) is 11.6 Å². The van der Waals surface area contributed by atoms with Gasteiger partial charge < -0.3 is 10.2 Å². The number of carbonyl (C=O) groups is 2. The molecule has 3 rings (SSSR count). The SMILES string of the molecule is CC[C@@H](C(=O)NC1CCCC1)N(Cc1ccc(Cl)cc1)C(=O)CN(c1cccc(Br)c1)S(C)(=O)=O. The van der Waals surface area contributed by atoms with Gasteiger partial charge >= 0.3 is 0 Å². The van der Waals surface area contributed by atoms with Crippen LogP contribution in [0, 0.1) is 0 Å². The molecule has 35 heavy (non-hydrogen) atoms. The van der Waals surface area contributed by atoms with Gasteiger partial charge in [-0.15, -0.1) is 0 Å². The van der Waals surface area contributed by atoms with Crippen LogP contribution in [-0.2, 0) is 26.2 Å². The summed E-state index contributed by atoms with van der Waals surface area (Å²) in [7, 11) is -3.77. The molecule has 2 amide bonds. The number of nitrogens with one attached hydrogen (secondary N) is 1. The molecule has 0 bridgehead atoms. The van der Waals surface area contributed by atoms with E-state index in [9.17, 15) is 18.0 Å². The van der Waals surface area contributed by atoms with Crippen LogP contribution < -0.4 is 9.62 Å². The molecule has 0 spiro atoms. The molecule has 1 atom stereocenters. The minimum Gasteiger partial charge on any atom is -0.352 e. The number of hydrogen-bond donors (Lipinski definition) is 1. The molecule has 7 nitrogen and oxygen atoms in total.